The van der Waals surface area contributed by atoms with Crippen LogP contribution in [0.1, 0.15) is 11.1 Å². The van der Waals surface area contributed by atoms with Crippen LogP contribution in [0.2, 0.25) is 0 Å². The van der Waals surface area contributed by atoms with Crippen LogP contribution in [0.4, 0.5) is 14.9 Å². The SMILES string of the molecule is COc1cncc(NC(=O)OC[C@H]2Cc3c(c(F)cc4nc(-c5cc(C)cc6nc(OC)cnc56)sc34)O2)c1. The summed E-state index contributed by atoms with van der Waals surface area (Å²) in [6, 6.07) is 6.90. The third kappa shape index (κ3) is 4.74. The van der Waals surface area contributed by atoms with Crippen molar-refractivity contribution in [1.29, 1.82) is 0 Å². The molecule has 1 atom stereocenters. The molecular weight excluding hydrogens is 525 g/mol. The fraction of sp³-hybridized carbons (Fsp3) is 0.222. The van der Waals surface area contributed by atoms with Gasteiger partial charge in [0.15, 0.2) is 11.6 Å². The Bertz CT molecular complexity index is 1740. The Morgan fingerprint density at radius 2 is 2.00 bits per heavy atom. The van der Waals surface area contributed by atoms with Crippen LogP contribution in [0.5, 0.6) is 17.4 Å². The monoisotopic (exact) mass is 547 g/mol. The first-order valence-electron chi connectivity index (χ1n) is 11.9. The van der Waals surface area contributed by atoms with E-state index in [2.05, 4.69) is 20.3 Å². The zero-order valence-electron chi connectivity index (χ0n) is 21.1. The van der Waals surface area contributed by atoms with Gasteiger partial charge in [0.05, 0.1) is 59.7 Å². The summed E-state index contributed by atoms with van der Waals surface area (Å²) < 4.78 is 37.3. The van der Waals surface area contributed by atoms with E-state index in [-0.39, 0.29) is 12.4 Å². The van der Waals surface area contributed by atoms with E-state index < -0.39 is 18.0 Å². The third-order valence-corrected chi connectivity index (χ3v) is 7.37. The zero-order chi connectivity index (χ0) is 27.1. The quantitative estimate of drug-likeness (QED) is 0.301. The summed E-state index contributed by atoms with van der Waals surface area (Å²) in [6.45, 7) is 1.90. The van der Waals surface area contributed by atoms with Crippen molar-refractivity contribution in [2.75, 3.05) is 26.1 Å². The Morgan fingerprint density at radius 1 is 1.13 bits per heavy atom. The molecule has 1 amide bonds. The van der Waals surface area contributed by atoms with Gasteiger partial charge in [-0.1, -0.05) is 0 Å². The third-order valence-electron chi connectivity index (χ3n) is 6.20. The highest BCUT2D eigenvalue weighted by Crippen LogP contribution is 2.43. The molecule has 1 aliphatic heterocycles. The minimum atomic E-state index is -0.681. The molecule has 0 unspecified atom stereocenters. The molecule has 0 radical (unpaired) electrons. The maximum absolute atomic E-state index is 15.0. The number of hydrogen-bond donors (Lipinski definition) is 1. The number of ether oxygens (including phenoxy) is 4. The van der Waals surface area contributed by atoms with Crippen LogP contribution >= 0.6 is 11.3 Å². The summed E-state index contributed by atoms with van der Waals surface area (Å²) in [7, 11) is 3.05. The number of carbonyl (C=O) groups is 1. The van der Waals surface area contributed by atoms with Gasteiger partial charge in [-0.2, -0.15) is 0 Å². The highest BCUT2D eigenvalue weighted by Gasteiger charge is 2.31. The number of amides is 1. The minimum absolute atomic E-state index is 0.0650. The highest BCUT2D eigenvalue weighted by atomic mass is 32.1. The summed E-state index contributed by atoms with van der Waals surface area (Å²) in [5.41, 5.74) is 4.80. The molecule has 0 bridgehead atoms. The summed E-state index contributed by atoms with van der Waals surface area (Å²) in [6.07, 6.45) is 3.69. The molecule has 0 aliphatic carbocycles. The fourth-order valence-corrected chi connectivity index (χ4v) is 5.58. The van der Waals surface area contributed by atoms with Gasteiger partial charge in [0.2, 0.25) is 5.88 Å². The van der Waals surface area contributed by atoms with E-state index in [0.717, 1.165) is 15.8 Å². The summed E-state index contributed by atoms with van der Waals surface area (Å²) in [5.74, 6) is 0.559. The van der Waals surface area contributed by atoms with Crippen molar-refractivity contribution >= 4 is 44.4 Å². The first-order valence-corrected chi connectivity index (χ1v) is 12.8. The average Bonchev–Trinajstić information content (AvgIpc) is 3.56. The van der Waals surface area contributed by atoms with Gasteiger partial charge in [-0.25, -0.2) is 24.1 Å². The molecule has 2 aromatic carbocycles. The van der Waals surface area contributed by atoms with E-state index in [1.165, 1.54) is 36.9 Å². The van der Waals surface area contributed by atoms with E-state index in [1.54, 1.807) is 19.4 Å². The number of halogens is 1. The number of hydrogen-bond acceptors (Lipinski definition) is 10. The first-order chi connectivity index (χ1) is 18.9. The predicted octanol–water partition coefficient (Wildman–Crippen LogP) is 5.32. The van der Waals surface area contributed by atoms with Gasteiger partial charge < -0.3 is 18.9 Å². The lowest BCUT2D eigenvalue weighted by Gasteiger charge is -2.12. The van der Waals surface area contributed by atoms with Crippen molar-refractivity contribution < 1.29 is 28.1 Å². The molecular formula is C27H22FN5O5S. The number of benzene rings is 2. The molecule has 39 heavy (non-hydrogen) atoms. The number of nitrogens with zero attached hydrogens (tertiary/aromatic N) is 4. The van der Waals surface area contributed by atoms with E-state index in [9.17, 15) is 4.79 Å². The lowest BCUT2D eigenvalue weighted by Crippen LogP contribution is -2.25. The Hall–Kier alpha value is -4.58. The van der Waals surface area contributed by atoms with Crippen molar-refractivity contribution in [2.24, 2.45) is 0 Å². The van der Waals surface area contributed by atoms with Crippen LogP contribution in [0, 0.1) is 12.7 Å². The number of anilines is 1. The average molecular weight is 548 g/mol. The lowest BCUT2D eigenvalue weighted by atomic mass is 10.1. The maximum Gasteiger partial charge on any atom is 0.411 e. The zero-order valence-corrected chi connectivity index (χ0v) is 22.0. The Kier molecular flexibility index (Phi) is 6.31. The summed E-state index contributed by atoms with van der Waals surface area (Å²) >= 11 is 1.43. The molecule has 3 aromatic heterocycles. The topological polar surface area (TPSA) is 118 Å². The normalized spacial score (nSPS) is 14.2. The first kappa shape index (κ1) is 24.7. The smallest absolute Gasteiger partial charge is 0.411 e. The second-order valence-corrected chi connectivity index (χ2v) is 9.91. The van der Waals surface area contributed by atoms with Crippen LogP contribution in [0.15, 0.2) is 42.9 Å². The lowest BCUT2D eigenvalue weighted by molar-refractivity contribution is 0.100. The van der Waals surface area contributed by atoms with Crippen molar-refractivity contribution in [3.8, 4) is 28.0 Å². The van der Waals surface area contributed by atoms with Gasteiger partial charge in [0, 0.05) is 29.7 Å². The van der Waals surface area contributed by atoms with E-state index in [4.69, 9.17) is 23.9 Å². The maximum atomic E-state index is 15.0. The number of fused-ring (bicyclic) bond motifs is 4. The minimum Gasteiger partial charge on any atom is -0.495 e. The highest BCUT2D eigenvalue weighted by molar-refractivity contribution is 7.22. The van der Waals surface area contributed by atoms with Crippen LogP contribution < -0.4 is 19.5 Å². The molecule has 0 saturated carbocycles. The molecule has 12 heteroatoms. The molecule has 6 rings (SSSR count). The van der Waals surface area contributed by atoms with Gasteiger partial charge in [-0.15, -0.1) is 11.3 Å². The Labute approximate surface area is 225 Å². The van der Waals surface area contributed by atoms with Crippen molar-refractivity contribution in [3.05, 3.63) is 59.8 Å². The Morgan fingerprint density at radius 3 is 2.82 bits per heavy atom. The number of thiazole rings is 1. The predicted molar refractivity (Wildman–Crippen MR) is 143 cm³/mol. The van der Waals surface area contributed by atoms with Crippen LogP contribution in [0.25, 0.3) is 31.8 Å². The van der Waals surface area contributed by atoms with Crippen LogP contribution in [-0.2, 0) is 11.2 Å². The summed E-state index contributed by atoms with van der Waals surface area (Å²) in [5, 5.41) is 3.28. The number of rotatable bonds is 6. The van der Waals surface area contributed by atoms with Crippen LogP contribution in [0.3, 0.4) is 0 Å². The molecule has 0 fully saturated rings. The van der Waals surface area contributed by atoms with Crippen molar-refractivity contribution in [3.63, 3.8) is 0 Å². The molecule has 5 aromatic rings. The molecule has 1 aliphatic rings. The van der Waals surface area contributed by atoms with Crippen molar-refractivity contribution in [2.45, 2.75) is 19.4 Å². The van der Waals surface area contributed by atoms with Crippen molar-refractivity contribution in [1.82, 2.24) is 19.9 Å². The van der Waals surface area contributed by atoms with Gasteiger partial charge in [0.1, 0.15) is 23.5 Å². The number of methoxy groups -OCH3 is 2. The van der Waals surface area contributed by atoms with Gasteiger partial charge in [0.25, 0.3) is 0 Å². The molecule has 1 N–H and O–H groups in total. The number of carbonyl (C=O) groups excluding carboxylic acids is 1. The largest absolute Gasteiger partial charge is 0.495 e. The molecule has 0 saturated heterocycles. The standard InChI is InChI=1S/C27H22FN5O5S/c1-13-4-17(23-20(5-13)32-22(36-3)11-30-23)26-33-21-8-19(28)24-18(25(21)39-26)7-16(38-24)12-37-27(34)31-14-6-15(35-2)10-29-9-14/h4-6,8-11,16H,7,12H2,1-3H3,(H,31,34)/t16-/m1/s1. The number of aryl methyl sites for hydroxylation is 1. The molecule has 0 spiro atoms. The molecule has 198 valence electrons. The molecule has 4 heterocycles. The van der Waals surface area contributed by atoms with E-state index in [0.29, 0.717) is 50.9 Å². The Balaban J connectivity index is 1.24. The van der Waals surface area contributed by atoms with Crippen LogP contribution in [-0.4, -0.2) is 53.0 Å². The van der Waals surface area contributed by atoms with Gasteiger partial charge in [-0.3, -0.25) is 10.3 Å². The number of pyridine rings is 1. The number of nitrogens with one attached hydrogen (secondary N) is 1. The van der Waals surface area contributed by atoms with E-state index >= 15 is 4.39 Å². The van der Waals surface area contributed by atoms with E-state index in [1.807, 2.05) is 19.1 Å². The fourth-order valence-electron chi connectivity index (χ4n) is 4.47. The second kappa shape index (κ2) is 9.95. The number of aromatic nitrogens is 4. The second-order valence-electron chi connectivity index (χ2n) is 8.91. The molecule has 10 nitrogen and oxygen atoms in total. The summed E-state index contributed by atoms with van der Waals surface area (Å²) in [4.78, 5) is 30.1. The van der Waals surface area contributed by atoms with Gasteiger partial charge >= 0.3 is 6.09 Å². The van der Waals surface area contributed by atoms with Gasteiger partial charge in [-0.05, 0) is 24.6 Å².